The molecule has 0 radical (unpaired) electrons. The Bertz CT molecular complexity index is 1170. The molecule has 30 heavy (non-hydrogen) atoms. The molecule has 156 valence electrons. The Morgan fingerprint density at radius 1 is 1.20 bits per heavy atom. The van der Waals surface area contributed by atoms with Gasteiger partial charge in [0, 0.05) is 27.7 Å². The summed E-state index contributed by atoms with van der Waals surface area (Å²) >= 11 is 5.88. The Hall–Kier alpha value is -3.39. The van der Waals surface area contributed by atoms with Crippen molar-refractivity contribution in [3.05, 3.63) is 64.1 Å². The van der Waals surface area contributed by atoms with Gasteiger partial charge >= 0.3 is 5.97 Å². The van der Waals surface area contributed by atoms with E-state index in [0.717, 1.165) is 12.1 Å². The molecule has 0 fully saturated rings. The fraction of sp³-hybridized carbons (Fsp3) is 0.190. The Labute approximate surface area is 175 Å². The summed E-state index contributed by atoms with van der Waals surface area (Å²) in [5.41, 5.74) is 1.22. The molecule has 3 aromatic rings. The van der Waals surface area contributed by atoms with E-state index in [2.05, 4.69) is 5.32 Å². The van der Waals surface area contributed by atoms with E-state index in [-0.39, 0.29) is 5.52 Å². The number of rotatable bonds is 5. The first-order chi connectivity index (χ1) is 14.1. The molecule has 0 bridgehead atoms. The predicted octanol–water partition coefficient (Wildman–Crippen LogP) is 3.44. The lowest BCUT2D eigenvalue weighted by Gasteiger charge is -2.13. The van der Waals surface area contributed by atoms with Gasteiger partial charge in [0.15, 0.2) is 11.6 Å². The zero-order chi connectivity index (χ0) is 22.2. The number of benzene rings is 2. The van der Waals surface area contributed by atoms with Crippen LogP contribution in [0.2, 0.25) is 5.02 Å². The average Bonchev–Trinajstić information content (AvgIpc) is 2.96. The van der Waals surface area contributed by atoms with Crippen molar-refractivity contribution in [3.8, 4) is 5.75 Å². The van der Waals surface area contributed by atoms with E-state index in [1.165, 1.54) is 23.6 Å². The number of aromatic hydroxyl groups is 1. The van der Waals surface area contributed by atoms with E-state index in [4.69, 9.17) is 16.7 Å². The van der Waals surface area contributed by atoms with Gasteiger partial charge in [0.1, 0.15) is 6.54 Å². The van der Waals surface area contributed by atoms with Gasteiger partial charge in [-0.05, 0) is 49.7 Å². The zero-order valence-corrected chi connectivity index (χ0v) is 16.8. The van der Waals surface area contributed by atoms with Crippen molar-refractivity contribution in [2.24, 2.45) is 0 Å². The summed E-state index contributed by atoms with van der Waals surface area (Å²) in [4.78, 5) is 36.4. The van der Waals surface area contributed by atoms with Crippen LogP contribution < -0.4 is 5.32 Å². The highest BCUT2D eigenvalue weighted by Crippen LogP contribution is 2.36. The van der Waals surface area contributed by atoms with Crippen LogP contribution in [0.4, 0.5) is 4.39 Å². The molecule has 0 aliphatic carbocycles. The summed E-state index contributed by atoms with van der Waals surface area (Å²) in [6.07, 6.45) is 0. The highest BCUT2D eigenvalue weighted by Gasteiger charge is 2.28. The first kappa shape index (κ1) is 21.3. The van der Waals surface area contributed by atoms with Crippen molar-refractivity contribution < 1.29 is 29.0 Å². The maximum Gasteiger partial charge on any atom is 0.322 e. The fourth-order valence-corrected chi connectivity index (χ4v) is 3.55. The molecule has 2 aromatic carbocycles. The predicted molar refractivity (Wildman–Crippen MR) is 109 cm³/mol. The molecule has 0 saturated heterocycles. The molecule has 0 aliphatic rings. The molecule has 1 atom stereocenters. The maximum atomic E-state index is 14.1. The largest absolute Gasteiger partial charge is 0.505 e. The van der Waals surface area contributed by atoms with Gasteiger partial charge in [-0.3, -0.25) is 19.0 Å². The van der Waals surface area contributed by atoms with E-state index in [0.29, 0.717) is 27.2 Å². The van der Waals surface area contributed by atoms with Gasteiger partial charge in [0.25, 0.3) is 5.91 Å². The Morgan fingerprint density at radius 2 is 1.83 bits per heavy atom. The van der Waals surface area contributed by atoms with Gasteiger partial charge in [-0.25, -0.2) is 4.39 Å². The highest BCUT2D eigenvalue weighted by atomic mass is 35.5. The lowest BCUT2D eigenvalue weighted by atomic mass is 9.97. The number of nitrogens with zero attached hydrogens (tertiary/aromatic N) is 1. The number of nitrogens with one attached hydrogen (secondary N) is 1. The van der Waals surface area contributed by atoms with E-state index < -0.39 is 41.8 Å². The molecular formula is C21H18ClFN2O5. The topological polar surface area (TPSA) is 109 Å². The number of carbonyl (C=O) groups excluding carboxylic acids is 2. The van der Waals surface area contributed by atoms with Crippen LogP contribution in [0, 0.1) is 12.7 Å². The number of hydrogen-bond donors (Lipinski definition) is 3. The van der Waals surface area contributed by atoms with Crippen molar-refractivity contribution in [1.82, 2.24) is 9.88 Å². The summed E-state index contributed by atoms with van der Waals surface area (Å²) in [5.74, 6) is -4.66. The van der Waals surface area contributed by atoms with E-state index in [1.807, 2.05) is 0 Å². The number of carboxylic acid groups (broad SMARTS) is 1. The van der Waals surface area contributed by atoms with Crippen LogP contribution in [0.1, 0.15) is 34.5 Å². The second-order valence-electron chi connectivity index (χ2n) is 6.80. The summed E-state index contributed by atoms with van der Waals surface area (Å²) in [6, 6.07) is 8.32. The van der Waals surface area contributed by atoms with Crippen molar-refractivity contribution in [3.63, 3.8) is 0 Å². The monoisotopic (exact) mass is 432 g/mol. The van der Waals surface area contributed by atoms with Crippen LogP contribution in [-0.2, 0) is 9.59 Å². The summed E-state index contributed by atoms with van der Waals surface area (Å²) < 4.78 is 15.4. The number of hydrogen-bond acceptors (Lipinski definition) is 4. The van der Waals surface area contributed by atoms with Crippen LogP contribution in [0.3, 0.4) is 0 Å². The molecular weight excluding hydrogens is 415 g/mol. The van der Waals surface area contributed by atoms with Crippen LogP contribution in [0.5, 0.6) is 5.75 Å². The average molecular weight is 433 g/mol. The Balaban J connectivity index is 2.19. The zero-order valence-electron chi connectivity index (χ0n) is 16.1. The first-order valence-corrected chi connectivity index (χ1v) is 9.32. The van der Waals surface area contributed by atoms with Crippen LogP contribution in [-0.4, -0.2) is 39.1 Å². The standard InChI is InChI=1S/C21H18ClFN2O5/c1-10(20(29)24-9-18(27)28)19-11(2)25(16-8-15(23)17(26)7-14(16)19)21(30)12-3-5-13(22)6-4-12/h3-8,10,26H,9H2,1-2H3,(H,24,29)(H,27,28). The van der Waals surface area contributed by atoms with E-state index in [1.54, 1.807) is 19.1 Å². The molecule has 1 heterocycles. The van der Waals surface area contributed by atoms with Gasteiger partial charge in [-0.1, -0.05) is 11.6 Å². The van der Waals surface area contributed by atoms with Crippen molar-refractivity contribution in [2.75, 3.05) is 6.54 Å². The minimum Gasteiger partial charge on any atom is -0.505 e. The van der Waals surface area contributed by atoms with Crippen LogP contribution >= 0.6 is 11.6 Å². The number of phenols is 1. The third-order valence-corrected chi connectivity index (χ3v) is 5.11. The minimum atomic E-state index is -1.20. The second-order valence-corrected chi connectivity index (χ2v) is 7.24. The quantitative estimate of drug-likeness (QED) is 0.572. The number of aliphatic carboxylic acids is 1. The number of fused-ring (bicyclic) bond motifs is 1. The second kappa shape index (κ2) is 8.16. The molecule has 3 N–H and O–H groups in total. The molecule has 9 heteroatoms. The number of halogens is 2. The third kappa shape index (κ3) is 3.86. The fourth-order valence-electron chi connectivity index (χ4n) is 3.42. The number of aromatic nitrogens is 1. The van der Waals surface area contributed by atoms with Crippen LogP contribution in [0.15, 0.2) is 36.4 Å². The molecule has 0 spiro atoms. The summed E-state index contributed by atoms with van der Waals surface area (Å²) in [7, 11) is 0. The molecule has 1 aromatic heterocycles. The van der Waals surface area contributed by atoms with Crippen LogP contribution in [0.25, 0.3) is 10.9 Å². The van der Waals surface area contributed by atoms with Crippen molar-refractivity contribution in [2.45, 2.75) is 19.8 Å². The smallest absolute Gasteiger partial charge is 0.322 e. The van der Waals surface area contributed by atoms with Gasteiger partial charge in [0.05, 0.1) is 11.4 Å². The van der Waals surface area contributed by atoms with Gasteiger partial charge in [-0.15, -0.1) is 0 Å². The molecule has 1 unspecified atom stereocenters. The van der Waals surface area contributed by atoms with E-state index >= 15 is 0 Å². The van der Waals surface area contributed by atoms with Gasteiger partial charge < -0.3 is 15.5 Å². The minimum absolute atomic E-state index is 0.177. The third-order valence-electron chi connectivity index (χ3n) is 4.86. The molecule has 7 nitrogen and oxygen atoms in total. The molecule has 3 rings (SSSR count). The molecule has 0 saturated carbocycles. The number of phenolic OH excluding ortho intramolecular Hbond substituents is 1. The summed E-state index contributed by atoms with van der Waals surface area (Å²) in [5, 5.41) is 21.7. The van der Waals surface area contributed by atoms with Crippen molar-refractivity contribution in [1.29, 1.82) is 0 Å². The lowest BCUT2D eigenvalue weighted by Crippen LogP contribution is -2.32. The first-order valence-electron chi connectivity index (χ1n) is 8.95. The molecule has 0 aliphatic heterocycles. The van der Waals surface area contributed by atoms with Gasteiger partial charge in [-0.2, -0.15) is 0 Å². The molecule has 1 amide bonds. The SMILES string of the molecule is Cc1c(C(C)C(=O)NCC(=O)O)c2cc(O)c(F)cc2n1C(=O)c1ccc(Cl)cc1. The lowest BCUT2D eigenvalue weighted by molar-refractivity contribution is -0.138. The normalized spacial score (nSPS) is 12.0. The Kier molecular flexibility index (Phi) is 5.80. The summed E-state index contributed by atoms with van der Waals surface area (Å²) in [6.45, 7) is 2.57. The maximum absolute atomic E-state index is 14.1. The number of amides is 1. The highest BCUT2D eigenvalue weighted by molar-refractivity contribution is 6.30. The number of carbonyl (C=O) groups is 3. The van der Waals surface area contributed by atoms with Gasteiger partial charge in [0.2, 0.25) is 5.91 Å². The number of carboxylic acids is 1. The van der Waals surface area contributed by atoms with Crippen molar-refractivity contribution >= 4 is 40.3 Å². The Morgan fingerprint density at radius 3 is 2.43 bits per heavy atom. The van der Waals surface area contributed by atoms with E-state index in [9.17, 15) is 23.9 Å².